The number of aryl methyl sites for hydroxylation is 1. The summed E-state index contributed by atoms with van der Waals surface area (Å²) in [7, 11) is 0. The van der Waals surface area contributed by atoms with Crippen LogP contribution in [0.2, 0.25) is 0 Å². The normalized spacial score (nSPS) is 18.9. The molecule has 1 fully saturated rings. The van der Waals surface area contributed by atoms with E-state index in [2.05, 4.69) is 10.2 Å². The monoisotopic (exact) mass is 240 g/mol. The molecule has 0 aliphatic carbocycles. The molecule has 1 atom stereocenters. The molecule has 1 unspecified atom stereocenters. The smallest absolute Gasteiger partial charge is 0.309 e. The van der Waals surface area contributed by atoms with E-state index in [1.165, 1.54) is 0 Å². The first kappa shape index (κ1) is 12.0. The quantitative estimate of drug-likeness (QED) is 0.743. The summed E-state index contributed by atoms with van der Waals surface area (Å²) < 4.78 is 15.7. The van der Waals surface area contributed by atoms with Gasteiger partial charge in [-0.2, -0.15) is 0 Å². The highest BCUT2D eigenvalue weighted by Gasteiger charge is 2.26. The predicted octanol–water partition coefficient (Wildman–Crippen LogP) is 1.41. The average Bonchev–Trinajstić information content (AvgIpc) is 2.77. The van der Waals surface area contributed by atoms with Crippen molar-refractivity contribution in [2.24, 2.45) is 5.92 Å². The summed E-state index contributed by atoms with van der Waals surface area (Å²) in [4.78, 5) is 11.8. The molecule has 2 heterocycles. The number of carbonyl (C=O) groups excluding carboxylic acids is 1. The molecule has 6 nitrogen and oxygen atoms in total. The SMILES string of the molecule is Cc1nnc(C(C)OC(=O)C2CCOCC2)o1. The summed E-state index contributed by atoms with van der Waals surface area (Å²) in [5.41, 5.74) is 0. The lowest BCUT2D eigenvalue weighted by Crippen LogP contribution is -2.26. The molecule has 1 saturated heterocycles. The van der Waals surface area contributed by atoms with Gasteiger partial charge >= 0.3 is 5.97 Å². The minimum atomic E-state index is -0.494. The van der Waals surface area contributed by atoms with Crippen LogP contribution in [0.4, 0.5) is 0 Å². The molecule has 0 saturated carbocycles. The molecule has 17 heavy (non-hydrogen) atoms. The van der Waals surface area contributed by atoms with E-state index in [4.69, 9.17) is 13.9 Å². The van der Waals surface area contributed by atoms with Crippen molar-refractivity contribution < 1.29 is 18.7 Å². The van der Waals surface area contributed by atoms with E-state index in [1.54, 1.807) is 13.8 Å². The van der Waals surface area contributed by atoms with Crippen molar-refractivity contribution in [1.29, 1.82) is 0 Å². The van der Waals surface area contributed by atoms with Crippen LogP contribution in [0.25, 0.3) is 0 Å². The number of ether oxygens (including phenoxy) is 2. The minimum absolute atomic E-state index is 0.0739. The maximum atomic E-state index is 11.8. The van der Waals surface area contributed by atoms with Crippen LogP contribution in [0.3, 0.4) is 0 Å². The van der Waals surface area contributed by atoms with Crippen LogP contribution in [0, 0.1) is 12.8 Å². The Morgan fingerprint density at radius 2 is 2.12 bits per heavy atom. The summed E-state index contributed by atoms with van der Waals surface area (Å²) in [5.74, 6) is 0.517. The fourth-order valence-electron chi connectivity index (χ4n) is 1.73. The van der Waals surface area contributed by atoms with Crippen LogP contribution in [-0.2, 0) is 14.3 Å². The molecule has 0 amide bonds. The molecule has 0 aromatic carbocycles. The first-order chi connectivity index (χ1) is 8.16. The van der Waals surface area contributed by atoms with Gasteiger partial charge in [0, 0.05) is 20.1 Å². The minimum Gasteiger partial charge on any atom is -0.452 e. The van der Waals surface area contributed by atoms with Gasteiger partial charge in [0.2, 0.25) is 5.89 Å². The van der Waals surface area contributed by atoms with E-state index in [0.29, 0.717) is 37.8 Å². The standard InChI is InChI=1S/C11H16N2O4/c1-7(10-13-12-8(2)17-10)16-11(14)9-3-5-15-6-4-9/h7,9H,3-6H2,1-2H3. The maximum absolute atomic E-state index is 11.8. The largest absolute Gasteiger partial charge is 0.452 e. The zero-order chi connectivity index (χ0) is 12.3. The molecule has 1 aromatic heterocycles. The van der Waals surface area contributed by atoms with E-state index in [0.717, 1.165) is 0 Å². The van der Waals surface area contributed by atoms with Crippen molar-refractivity contribution in [3.8, 4) is 0 Å². The highest BCUT2D eigenvalue weighted by molar-refractivity contribution is 5.72. The van der Waals surface area contributed by atoms with Crippen molar-refractivity contribution in [1.82, 2.24) is 10.2 Å². The number of esters is 1. The molecule has 0 spiro atoms. The third-order valence-corrected chi connectivity index (χ3v) is 2.74. The summed E-state index contributed by atoms with van der Waals surface area (Å²) in [6.45, 7) is 4.66. The number of carbonyl (C=O) groups is 1. The van der Waals surface area contributed by atoms with E-state index < -0.39 is 6.10 Å². The topological polar surface area (TPSA) is 74.5 Å². The number of aromatic nitrogens is 2. The zero-order valence-electron chi connectivity index (χ0n) is 10.0. The van der Waals surface area contributed by atoms with Gasteiger partial charge in [-0.15, -0.1) is 10.2 Å². The van der Waals surface area contributed by atoms with Gasteiger partial charge < -0.3 is 13.9 Å². The second kappa shape index (κ2) is 5.27. The lowest BCUT2D eigenvalue weighted by atomic mass is 10.0. The second-order valence-corrected chi connectivity index (χ2v) is 4.13. The molecular formula is C11H16N2O4. The van der Waals surface area contributed by atoms with Gasteiger partial charge in [-0.1, -0.05) is 0 Å². The van der Waals surface area contributed by atoms with Gasteiger partial charge in [0.05, 0.1) is 5.92 Å². The molecule has 6 heteroatoms. The summed E-state index contributed by atoms with van der Waals surface area (Å²) >= 11 is 0. The van der Waals surface area contributed by atoms with Crippen LogP contribution in [0.1, 0.15) is 37.7 Å². The molecule has 1 aromatic rings. The molecular weight excluding hydrogens is 224 g/mol. The van der Waals surface area contributed by atoms with Crippen LogP contribution in [-0.4, -0.2) is 29.4 Å². The zero-order valence-corrected chi connectivity index (χ0v) is 10.0. The van der Waals surface area contributed by atoms with Crippen LogP contribution in [0.5, 0.6) is 0 Å². The summed E-state index contributed by atoms with van der Waals surface area (Å²) in [6, 6.07) is 0. The highest BCUT2D eigenvalue weighted by Crippen LogP contribution is 2.21. The Balaban J connectivity index is 1.89. The molecule has 0 radical (unpaired) electrons. The van der Waals surface area contributed by atoms with Gasteiger partial charge in [0.15, 0.2) is 6.10 Å². The third-order valence-electron chi connectivity index (χ3n) is 2.74. The lowest BCUT2D eigenvalue weighted by Gasteiger charge is -2.21. The van der Waals surface area contributed by atoms with E-state index >= 15 is 0 Å². The van der Waals surface area contributed by atoms with Crippen molar-refractivity contribution >= 4 is 5.97 Å². The first-order valence-electron chi connectivity index (χ1n) is 5.75. The fraction of sp³-hybridized carbons (Fsp3) is 0.727. The van der Waals surface area contributed by atoms with E-state index in [9.17, 15) is 4.79 Å². The molecule has 0 bridgehead atoms. The third kappa shape index (κ3) is 3.03. The Hall–Kier alpha value is -1.43. The number of rotatable bonds is 3. The Bertz CT molecular complexity index is 385. The molecule has 94 valence electrons. The predicted molar refractivity (Wildman–Crippen MR) is 57.1 cm³/mol. The highest BCUT2D eigenvalue weighted by atomic mass is 16.6. The Morgan fingerprint density at radius 1 is 1.41 bits per heavy atom. The van der Waals surface area contributed by atoms with Crippen molar-refractivity contribution in [3.63, 3.8) is 0 Å². The first-order valence-corrected chi connectivity index (χ1v) is 5.75. The Labute approximate surface area is 99.3 Å². The van der Waals surface area contributed by atoms with Gasteiger partial charge in [0.1, 0.15) is 0 Å². The van der Waals surface area contributed by atoms with Crippen molar-refractivity contribution in [3.05, 3.63) is 11.8 Å². The summed E-state index contributed by atoms with van der Waals surface area (Å²) in [6.07, 6.45) is 0.939. The summed E-state index contributed by atoms with van der Waals surface area (Å²) in [5, 5.41) is 7.52. The fourth-order valence-corrected chi connectivity index (χ4v) is 1.73. The van der Waals surface area contributed by atoms with Gasteiger partial charge in [-0.05, 0) is 19.8 Å². The Kier molecular flexibility index (Phi) is 3.73. The molecule has 0 N–H and O–H groups in total. The average molecular weight is 240 g/mol. The maximum Gasteiger partial charge on any atom is 0.309 e. The number of hydrogen-bond acceptors (Lipinski definition) is 6. The van der Waals surface area contributed by atoms with Crippen LogP contribution >= 0.6 is 0 Å². The molecule has 1 aliphatic rings. The van der Waals surface area contributed by atoms with Gasteiger partial charge in [-0.3, -0.25) is 4.79 Å². The van der Waals surface area contributed by atoms with E-state index in [1.807, 2.05) is 0 Å². The number of hydrogen-bond donors (Lipinski definition) is 0. The second-order valence-electron chi connectivity index (χ2n) is 4.13. The van der Waals surface area contributed by atoms with E-state index in [-0.39, 0.29) is 11.9 Å². The van der Waals surface area contributed by atoms with Crippen molar-refractivity contribution in [2.75, 3.05) is 13.2 Å². The Morgan fingerprint density at radius 3 is 2.71 bits per heavy atom. The van der Waals surface area contributed by atoms with Gasteiger partial charge in [0.25, 0.3) is 5.89 Å². The molecule has 1 aliphatic heterocycles. The van der Waals surface area contributed by atoms with Crippen LogP contribution < -0.4 is 0 Å². The molecule has 2 rings (SSSR count). The lowest BCUT2D eigenvalue weighted by molar-refractivity contribution is -0.157. The van der Waals surface area contributed by atoms with Crippen LogP contribution in [0.15, 0.2) is 4.42 Å². The van der Waals surface area contributed by atoms with Crippen molar-refractivity contribution in [2.45, 2.75) is 32.8 Å². The number of nitrogens with zero attached hydrogens (tertiary/aromatic N) is 2. The van der Waals surface area contributed by atoms with Gasteiger partial charge in [-0.25, -0.2) is 0 Å².